The first-order valence-corrected chi connectivity index (χ1v) is 6.10. The summed E-state index contributed by atoms with van der Waals surface area (Å²) in [6, 6.07) is 9.21. The van der Waals surface area contributed by atoms with Crippen LogP contribution < -0.4 is 10.5 Å². The number of nitrogens with zero attached hydrogens (tertiary/aromatic N) is 1. The summed E-state index contributed by atoms with van der Waals surface area (Å²) in [6.07, 6.45) is 0. The number of ether oxygens (including phenoxy) is 1. The molecule has 2 rings (SSSR count). The van der Waals surface area contributed by atoms with Gasteiger partial charge in [-0.3, -0.25) is 0 Å². The van der Waals surface area contributed by atoms with Gasteiger partial charge in [0.25, 0.3) is 0 Å². The molecule has 2 aromatic carbocycles. The lowest BCUT2D eigenvalue weighted by Gasteiger charge is -2.11. The lowest BCUT2D eigenvalue weighted by molar-refractivity contribution is 0.318. The number of hydrogen-bond acceptors (Lipinski definition) is 3. The predicted molar refractivity (Wildman–Crippen MR) is 75.2 cm³/mol. The number of amidine groups is 1. The third-order valence-electron chi connectivity index (χ3n) is 2.64. The molecule has 0 aliphatic heterocycles. The average molecular weight is 295 g/mol. The molecule has 20 heavy (non-hydrogen) atoms. The normalized spacial score (nSPS) is 11.4. The van der Waals surface area contributed by atoms with E-state index in [4.69, 9.17) is 27.3 Å². The minimum Gasteiger partial charge on any atom is -0.457 e. The minimum atomic E-state index is -0.528. The monoisotopic (exact) mass is 294 g/mol. The molecule has 0 bridgehead atoms. The highest BCUT2D eigenvalue weighted by Crippen LogP contribution is 2.29. The number of rotatable bonds is 3. The van der Waals surface area contributed by atoms with Crippen molar-refractivity contribution in [2.24, 2.45) is 10.9 Å². The topological polar surface area (TPSA) is 67.8 Å². The van der Waals surface area contributed by atoms with Crippen LogP contribution in [0.1, 0.15) is 11.1 Å². The third-order valence-corrected chi connectivity index (χ3v) is 2.93. The van der Waals surface area contributed by atoms with Gasteiger partial charge in [0.05, 0.1) is 10.6 Å². The molecular weight excluding hydrogens is 283 g/mol. The molecule has 6 heteroatoms. The fourth-order valence-electron chi connectivity index (χ4n) is 1.65. The van der Waals surface area contributed by atoms with Crippen molar-refractivity contribution in [3.8, 4) is 11.5 Å². The zero-order chi connectivity index (χ0) is 14.7. The Hall–Kier alpha value is -2.27. The number of halogens is 2. The van der Waals surface area contributed by atoms with E-state index in [0.29, 0.717) is 17.1 Å². The first-order valence-electron chi connectivity index (χ1n) is 5.72. The van der Waals surface area contributed by atoms with Crippen molar-refractivity contribution in [1.82, 2.24) is 0 Å². The van der Waals surface area contributed by atoms with Crippen LogP contribution in [-0.4, -0.2) is 11.0 Å². The highest BCUT2D eigenvalue weighted by Gasteiger charge is 2.11. The van der Waals surface area contributed by atoms with Crippen molar-refractivity contribution >= 4 is 17.4 Å². The van der Waals surface area contributed by atoms with Gasteiger partial charge in [0.2, 0.25) is 0 Å². The van der Waals surface area contributed by atoms with Crippen LogP contribution in [0.5, 0.6) is 11.5 Å². The van der Waals surface area contributed by atoms with Crippen LogP contribution in [-0.2, 0) is 0 Å². The summed E-state index contributed by atoms with van der Waals surface area (Å²) in [5.41, 5.74) is 6.95. The molecule has 0 amide bonds. The van der Waals surface area contributed by atoms with Gasteiger partial charge < -0.3 is 15.7 Å². The minimum absolute atomic E-state index is 0.0412. The van der Waals surface area contributed by atoms with E-state index in [0.717, 1.165) is 5.56 Å². The van der Waals surface area contributed by atoms with Crippen LogP contribution in [0.2, 0.25) is 5.02 Å². The molecule has 0 saturated heterocycles. The zero-order valence-corrected chi connectivity index (χ0v) is 11.4. The Labute approximate surface area is 120 Å². The second kappa shape index (κ2) is 5.79. The van der Waals surface area contributed by atoms with Crippen molar-refractivity contribution in [2.75, 3.05) is 0 Å². The summed E-state index contributed by atoms with van der Waals surface area (Å²) in [5.74, 6) is 0.144. The third kappa shape index (κ3) is 3.00. The number of nitrogens with two attached hydrogens (primary N) is 1. The van der Waals surface area contributed by atoms with Gasteiger partial charge in [-0.25, -0.2) is 4.39 Å². The van der Waals surface area contributed by atoms with Crippen molar-refractivity contribution in [2.45, 2.75) is 6.92 Å². The van der Waals surface area contributed by atoms with E-state index in [9.17, 15) is 4.39 Å². The van der Waals surface area contributed by atoms with Crippen LogP contribution in [0.25, 0.3) is 0 Å². The standard InChI is InChI=1S/C14H12ClFN2O2/c1-8-2-4-10(14(17)18-19)13(6-8)20-9-3-5-12(16)11(15)7-9/h2-7,19H,1H3,(H2,17,18). The Morgan fingerprint density at radius 1 is 1.30 bits per heavy atom. The molecule has 0 aliphatic rings. The number of oxime groups is 1. The summed E-state index contributed by atoms with van der Waals surface area (Å²) in [4.78, 5) is 0. The second-order valence-electron chi connectivity index (χ2n) is 4.16. The van der Waals surface area contributed by atoms with Gasteiger partial charge in [-0.1, -0.05) is 22.8 Å². The lowest BCUT2D eigenvalue weighted by Crippen LogP contribution is -2.14. The van der Waals surface area contributed by atoms with Crippen molar-refractivity contribution < 1.29 is 14.3 Å². The highest BCUT2D eigenvalue weighted by molar-refractivity contribution is 6.30. The smallest absolute Gasteiger partial charge is 0.173 e. The van der Waals surface area contributed by atoms with E-state index in [1.165, 1.54) is 18.2 Å². The van der Waals surface area contributed by atoms with Crippen LogP contribution in [0.3, 0.4) is 0 Å². The predicted octanol–water partition coefficient (Wildman–Crippen LogP) is 3.67. The van der Waals surface area contributed by atoms with E-state index < -0.39 is 5.82 Å². The fourth-order valence-corrected chi connectivity index (χ4v) is 1.82. The van der Waals surface area contributed by atoms with Crippen molar-refractivity contribution in [3.05, 3.63) is 58.4 Å². The van der Waals surface area contributed by atoms with Crippen LogP contribution in [0.4, 0.5) is 4.39 Å². The maximum Gasteiger partial charge on any atom is 0.173 e. The number of aryl methyl sites for hydroxylation is 1. The Morgan fingerprint density at radius 2 is 2.05 bits per heavy atom. The molecule has 3 N–H and O–H groups in total. The SMILES string of the molecule is Cc1ccc(C(N)=NO)c(Oc2ccc(F)c(Cl)c2)c1. The molecular formula is C14H12ClFN2O2. The highest BCUT2D eigenvalue weighted by atomic mass is 35.5. The Morgan fingerprint density at radius 3 is 2.70 bits per heavy atom. The average Bonchev–Trinajstić information content (AvgIpc) is 2.42. The van der Waals surface area contributed by atoms with Crippen LogP contribution in [0, 0.1) is 12.7 Å². The zero-order valence-electron chi connectivity index (χ0n) is 10.6. The molecule has 0 aliphatic carbocycles. The molecule has 0 aromatic heterocycles. The lowest BCUT2D eigenvalue weighted by atomic mass is 10.1. The Kier molecular flexibility index (Phi) is 4.10. The summed E-state index contributed by atoms with van der Waals surface area (Å²) in [6.45, 7) is 1.88. The molecule has 0 unspecified atom stereocenters. The van der Waals surface area contributed by atoms with E-state index >= 15 is 0 Å². The van der Waals surface area contributed by atoms with Crippen LogP contribution in [0.15, 0.2) is 41.6 Å². The van der Waals surface area contributed by atoms with E-state index in [-0.39, 0.29) is 10.9 Å². The van der Waals surface area contributed by atoms with Gasteiger partial charge in [-0.2, -0.15) is 0 Å². The molecule has 4 nitrogen and oxygen atoms in total. The van der Waals surface area contributed by atoms with Gasteiger partial charge >= 0.3 is 0 Å². The van der Waals surface area contributed by atoms with E-state index in [2.05, 4.69) is 5.16 Å². The first-order chi connectivity index (χ1) is 9.51. The summed E-state index contributed by atoms with van der Waals surface area (Å²) in [7, 11) is 0. The van der Waals surface area contributed by atoms with Gasteiger partial charge in [0.15, 0.2) is 5.84 Å². The molecule has 0 atom stereocenters. The summed E-state index contributed by atoms with van der Waals surface area (Å²) >= 11 is 5.70. The molecule has 2 aromatic rings. The summed E-state index contributed by atoms with van der Waals surface area (Å²) in [5, 5.41) is 11.7. The van der Waals surface area contributed by atoms with Gasteiger partial charge in [0, 0.05) is 6.07 Å². The fraction of sp³-hybridized carbons (Fsp3) is 0.0714. The molecule has 104 valence electrons. The molecule has 0 radical (unpaired) electrons. The first kappa shape index (κ1) is 14.1. The van der Waals surface area contributed by atoms with Crippen LogP contribution >= 0.6 is 11.6 Å². The molecule has 0 saturated carbocycles. The largest absolute Gasteiger partial charge is 0.457 e. The number of benzene rings is 2. The molecule has 0 spiro atoms. The maximum absolute atomic E-state index is 13.1. The Balaban J connectivity index is 2.41. The maximum atomic E-state index is 13.1. The summed E-state index contributed by atoms with van der Waals surface area (Å²) < 4.78 is 18.7. The quantitative estimate of drug-likeness (QED) is 0.393. The molecule has 0 heterocycles. The van der Waals surface area contributed by atoms with E-state index in [1.807, 2.05) is 6.92 Å². The van der Waals surface area contributed by atoms with Crippen molar-refractivity contribution in [3.63, 3.8) is 0 Å². The second-order valence-corrected chi connectivity index (χ2v) is 4.57. The van der Waals surface area contributed by atoms with E-state index in [1.54, 1.807) is 18.2 Å². The Bertz CT molecular complexity index is 674. The number of hydrogen-bond donors (Lipinski definition) is 2. The van der Waals surface area contributed by atoms with Crippen molar-refractivity contribution in [1.29, 1.82) is 0 Å². The van der Waals surface area contributed by atoms with Gasteiger partial charge in [-0.05, 0) is 36.8 Å². The van der Waals surface area contributed by atoms with Gasteiger partial charge in [-0.15, -0.1) is 0 Å². The molecule has 0 fully saturated rings. The van der Waals surface area contributed by atoms with Gasteiger partial charge in [0.1, 0.15) is 17.3 Å².